The number of ether oxygens (including phenoxy) is 1. The maximum absolute atomic E-state index is 13.2. The second kappa shape index (κ2) is 10.1. The summed E-state index contributed by atoms with van der Waals surface area (Å²) in [7, 11) is -4.08. The van der Waals surface area contributed by atoms with Crippen LogP contribution in [0.3, 0.4) is 0 Å². The van der Waals surface area contributed by atoms with Crippen LogP contribution >= 0.6 is 0 Å². The van der Waals surface area contributed by atoms with Crippen LogP contribution in [0, 0.1) is 25.2 Å². The molecule has 2 unspecified atom stereocenters. The van der Waals surface area contributed by atoms with Gasteiger partial charge in [-0.3, -0.25) is 14.5 Å². The molecule has 0 spiro atoms. The molecule has 2 aromatic carbocycles. The Bertz CT molecular complexity index is 1180. The number of hydrogen-bond acceptors (Lipinski definition) is 7. The lowest BCUT2D eigenvalue weighted by Gasteiger charge is -2.24. The van der Waals surface area contributed by atoms with E-state index in [-0.39, 0.29) is 24.4 Å². The zero-order valence-electron chi connectivity index (χ0n) is 18.3. The average Bonchev–Trinajstić information content (AvgIpc) is 3.20. The van der Waals surface area contributed by atoms with Crippen LogP contribution < -0.4 is 4.90 Å². The molecule has 1 aliphatic heterocycles. The SMILES string of the molecule is Cc1ccc(S(=O)(=O)N2CC(O)CC2C(=O)OCC(=O)N(CC#N)c2ccccc2)cc1C. The first-order valence-electron chi connectivity index (χ1n) is 10.3. The molecule has 0 bridgehead atoms. The minimum absolute atomic E-state index is 0.0119. The summed E-state index contributed by atoms with van der Waals surface area (Å²) in [6, 6.07) is 13.7. The summed E-state index contributed by atoms with van der Waals surface area (Å²) >= 11 is 0. The third-order valence-corrected chi connectivity index (χ3v) is 7.40. The standard InChI is InChI=1S/C23H25N3O6S/c1-16-8-9-20(12-17(16)2)33(30,31)26-14-19(27)13-21(26)23(29)32-15-22(28)25(11-10-24)18-6-4-3-5-7-18/h3-9,12,19,21,27H,11,13-15H2,1-2H3. The maximum Gasteiger partial charge on any atom is 0.325 e. The topological polar surface area (TPSA) is 128 Å². The number of nitriles is 1. The fourth-order valence-corrected chi connectivity index (χ4v) is 5.30. The first kappa shape index (κ1) is 24.4. The van der Waals surface area contributed by atoms with E-state index in [9.17, 15) is 23.1 Å². The average molecular weight is 472 g/mol. The Balaban J connectivity index is 1.74. The summed E-state index contributed by atoms with van der Waals surface area (Å²) < 4.78 is 32.4. The van der Waals surface area contributed by atoms with Crippen LogP contribution in [0.2, 0.25) is 0 Å². The quantitative estimate of drug-likeness (QED) is 0.479. The molecule has 1 aliphatic rings. The molecule has 1 N–H and O–H groups in total. The lowest BCUT2D eigenvalue weighted by molar-refractivity contribution is -0.151. The first-order chi connectivity index (χ1) is 15.6. The van der Waals surface area contributed by atoms with E-state index in [1.165, 1.54) is 17.0 Å². The van der Waals surface area contributed by atoms with Crippen molar-refractivity contribution in [3.63, 3.8) is 0 Å². The highest BCUT2D eigenvalue weighted by molar-refractivity contribution is 7.89. The Kier molecular flexibility index (Phi) is 7.48. The van der Waals surface area contributed by atoms with Crippen molar-refractivity contribution in [3.05, 3.63) is 59.7 Å². The van der Waals surface area contributed by atoms with Gasteiger partial charge in [-0.1, -0.05) is 24.3 Å². The summed E-state index contributed by atoms with van der Waals surface area (Å²) in [6.45, 7) is 2.47. The van der Waals surface area contributed by atoms with Gasteiger partial charge in [-0.15, -0.1) is 0 Å². The zero-order valence-corrected chi connectivity index (χ0v) is 19.2. The van der Waals surface area contributed by atoms with Crippen molar-refractivity contribution < 1.29 is 27.9 Å². The highest BCUT2D eigenvalue weighted by Crippen LogP contribution is 2.28. The summed E-state index contributed by atoms with van der Waals surface area (Å²) in [5, 5.41) is 19.1. The molecule has 2 atom stereocenters. The van der Waals surface area contributed by atoms with Crippen LogP contribution in [-0.2, 0) is 24.3 Å². The van der Waals surface area contributed by atoms with Crippen LogP contribution in [0.5, 0.6) is 0 Å². The third-order valence-electron chi connectivity index (χ3n) is 5.53. The molecule has 1 saturated heterocycles. The predicted octanol–water partition coefficient (Wildman–Crippen LogP) is 1.53. The minimum Gasteiger partial charge on any atom is -0.454 e. The lowest BCUT2D eigenvalue weighted by Crippen LogP contribution is -2.43. The third kappa shape index (κ3) is 5.39. The molecule has 1 heterocycles. The highest BCUT2D eigenvalue weighted by Gasteiger charge is 2.44. The van der Waals surface area contributed by atoms with Crippen LogP contribution in [-0.4, -0.2) is 61.5 Å². The number of nitrogens with zero attached hydrogens (tertiary/aromatic N) is 3. The normalized spacial score (nSPS) is 18.5. The number of esters is 1. The van der Waals surface area contributed by atoms with Crippen molar-refractivity contribution in [1.82, 2.24) is 4.31 Å². The first-order valence-corrected chi connectivity index (χ1v) is 11.8. The van der Waals surface area contributed by atoms with Gasteiger partial charge < -0.3 is 9.84 Å². The summed E-state index contributed by atoms with van der Waals surface area (Å²) in [4.78, 5) is 26.5. The van der Waals surface area contributed by atoms with Gasteiger partial charge in [0.05, 0.1) is 17.1 Å². The van der Waals surface area contributed by atoms with E-state index in [0.717, 1.165) is 15.4 Å². The Hall–Kier alpha value is -3.26. The van der Waals surface area contributed by atoms with Crippen molar-refractivity contribution in [3.8, 4) is 6.07 Å². The van der Waals surface area contributed by atoms with Gasteiger partial charge in [0.1, 0.15) is 12.6 Å². The molecule has 10 heteroatoms. The van der Waals surface area contributed by atoms with Crippen molar-refractivity contribution >= 4 is 27.6 Å². The number of anilines is 1. The number of sulfonamides is 1. The molecule has 9 nitrogen and oxygen atoms in total. The molecule has 33 heavy (non-hydrogen) atoms. The number of carbonyl (C=O) groups excluding carboxylic acids is 2. The Morgan fingerprint density at radius 1 is 1.18 bits per heavy atom. The lowest BCUT2D eigenvalue weighted by atomic mass is 10.1. The molecule has 2 aromatic rings. The van der Waals surface area contributed by atoms with Crippen molar-refractivity contribution in [1.29, 1.82) is 5.26 Å². The molecular formula is C23H25N3O6S. The summed E-state index contributed by atoms with van der Waals surface area (Å²) in [5.41, 5.74) is 2.17. The van der Waals surface area contributed by atoms with Gasteiger partial charge in [-0.05, 0) is 49.2 Å². The van der Waals surface area contributed by atoms with Crippen LogP contribution in [0.4, 0.5) is 5.69 Å². The van der Waals surface area contributed by atoms with Gasteiger partial charge in [0, 0.05) is 18.7 Å². The number of para-hydroxylation sites is 1. The van der Waals surface area contributed by atoms with E-state index in [1.807, 2.05) is 13.0 Å². The van der Waals surface area contributed by atoms with Crippen LogP contribution in [0.15, 0.2) is 53.4 Å². The van der Waals surface area contributed by atoms with Gasteiger partial charge in [-0.2, -0.15) is 9.57 Å². The minimum atomic E-state index is -4.08. The number of aliphatic hydroxyl groups is 1. The van der Waals surface area contributed by atoms with Gasteiger partial charge in [0.15, 0.2) is 6.61 Å². The molecule has 3 rings (SSSR count). The molecule has 0 saturated carbocycles. The number of hydrogen-bond donors (Lipinski definition) is 1. The van der Waals surface area contributed by atoms with E-state index in [1.54, 1.807) is 43.3 Å². The number of β-amino-alcohol motifs (C(OH)–C–C–N with tert-alkyl or cyclic N) is 1. The number of aryl methyl sites for hydroxylation is 2. The van der Waals surface area contributed by atoms with E-state index in [2.05, 4.69) is 0 Å². The van der Waals surface area contributed by atoms with E-state index in [0.29, 0.717) is 5.69 Å². The Morgan fingerprint density at radius 2 is 1.88 bits per heavy atom. The number of amides is 1. The fourth-order valence-electron chi connectivity index (χ4n) is 3.58. The molecule has 0 radical (unpaired) electrons. The highest BCUT2D eigenvalue weighted by atomic mass is 32.2. The molecule has 0 aliphatic carbocycles. The van der Waals surface area contributed by atoms with Gasteiger partial charge in [-0.25, -0.2) is 8.42 Å². The van der Waals surface area contributed by atoms with Crippen molar-refractivity contribution in [2.24, 2.45) is 0 Å². The van der Waals surface area contributed by atoms with Crippen LogP contribution in [0.1, 0.15) is 17.5 Å². The predicted molar refractivity (Wildman–Crippen MR) is 120 cm³/mol. The van der Waals surface area contributed by atoms with E-state index >= 15 is 0 Å². The van der Waals surface area contributed by atoms with E-state index < -0.39 is 40.7 Å². The largest absolute Gasteiger partial charge is 0.454 e. The second-order valence-electron chi connectivity index (χ2n) is 7.81. The molecule has 0 aromatic heterocycles. The second-order valence-corrected chi connectivity index (χ2v) is 9.70. The maximum atomic E-state index is 13.2. The summed E-state index contributed by atoms with van der Waals surface area (Å²) in [6.07, 6.45) is -1.18. The van der Waals surface area contributed by atoms with Gasteiger partial charge >= 0.3 is 5.97 Å². The molecule has 1 amide bonds. The number of rotatable bonds is 7. The van der Waals surface area contributed by atoms with E-state index in [4.69, 9.17) is 10.00 Å². The monoisotopic (exact) mass is 471 g/mol. The van der Waals surface area contributed by atoms with Gasteiger partial charge in [0.2, 0.25) is 10.0 Å². The van der Waals surface area contributed by atoms with Crippen molar-refractivity contribution in [2.45, 2.75) is 37.3 Å². The fraction of sp³-hybridized carbons (Fsp3) is 0.348. The molecular weight excluding hydrogens is 446 g/mol. The van der Waals surface area contributed by atoms with Crippen LogP contribution in [0.25, 0.3) is 0 Å². The Labute approximate surface area is 192 Å². The smallest absolute Gasteiger partial charge is 0.325 e. The van der Waals surface area contributed by atoms with Crippen molar-refractivity contribution in [2.75, 3.05) is 24.6 Å². The number of benzene rings is 2. The molecule has 1 fully saturated rings. The summed E-state index contributed by atoms with van der Waals surface area (Å²) in [5.74, 6) is -1.56. The zero-order chi connectivity index (χ0) is 24.2. The Morgan fingerprint density at radius 3 is 2.52 bits per heavy atom. The van der Waals surface area contributed by atoms with Gasteiger partial charge in [0.25, 0.3) is 5.91 Å². The number of aliphatic hydroxyl groups excluding tert-OH is 1. The number of carbonyl (C=O) groups is 2. The molecule has 174 valence electrons.